The van der Waals surface area contributed by atoms with E-state index in [1.807, 2.05) is 0 Å². The van der Waals surface area contributed by atoms with Crippen LogP contribution < -0.4 is 10.6 Å². The Morgan fingerprint density at radius 1 is 1.29 bits per heavy atom. The van der Waals surface area contributed by atoms with Crippen LogP contribution in [0, 0.1) is 0 Å². The van der Waals surface area contributed by atoms with E-state index in [-0.39, 0.29) is 19.8 Å². The molecule has 0 saturated heterocycles. The summed E-state index contributed by atoms with van der Waals surface area (Å²) in [5, 5.41) is 17.9. The van der Waals surface area contributed by atoms with Gasteiger partial charge in [0.05, 0.1) is 13.2 Å². The molecule has 0 fully saturated rings. The van der Waals surface area contributed by atoms with E-state index < -0.39 is 0 Å². The first kappa shape index (κ1) is 13.6. The van der Waals surface area contributed by atoms with E-state index in [2.05, 4.69) is 9.97 Å². The molecule has 1 aromatic rings. The van der Waals surface area contributed by atoms with Gasteiger partial charge in [-0.15, -0.1) is 0 Å². The molecule has 4 N–H and O–H groups in total. The maximum absolute atomic E-state index is 8.94. The SMILES string of the molecule is COCc1nc(N)cc(N(CCO)CCO)n1. The summed E-state index contributed by atoms with van der Waals surface area (Å²) in [6.07, 6.45) is 0. The molecular formula is C10H18N4O3. The number of aliphatic hydroxyl groups excluding tert-OH is 2. The maximum Gasteiger partial charge on any atom is 0.158 e. The standard InChI is InChI=1S/C10H18N4O3/c1-17-7-9-12-8(11)6-10(13-9)14(2-4-15)3-5-16/h6,15-16H,2-5,7H2,1H3,(H2,11,12,13). The van der Waals surface area contributed by atoms with E-state index in [9.17, 15) is 0 Å². The minimum absolute atomic E-state index is 0.0243. The molecule has 0 spiro atoms. The summed E-state index contributed by atoms with van der Waals surface area (Å²) in [6, 6.07) is 1.60. The molecule has 0 amide bonds. The summed E-state index contributed by atoms with van der Waals surface area (Å²) in [5.74, 6) is 1.39. The summed E-state index contributed by atoms with van der Waals surface area (Å²) < 4.78 is 4.94. The smallest absolute Gasteiger partial charge is 0.158 e. The highest BCUT2D eigenvalue weighted by molar-refractivity contribution is 5.47. The van der Waals surface area contributed by atoms with Crippen LogP contribution in [0.3, 0.4) is 0 Å². The minimum atomic E-state index is -0.0243. The first-order valence-electron chi connectivity index (χ1n) is 5.30. The molecule has 0 radical (unpaired) electrons. The average Bonchev–Trinajstić information content (AvgIpc) is 2.28. The van der Waals surface area contributed by atoms with Gasteiger partial charge in [0.2, 0.25) is 0 Å². The van der Waals surface area contributed by atoms with E-state index in [1.54, 1.807) is 18.1 Å². The molecule has 0 aromatic carbocycles. The lowest BCUT2D eigenvalue weighted by atomic mass is 10.4. The van der Waals surface area contributed by atoms with Gasteiger partial charge in [-0.1, -0.05) is 0 Å². The molecule has 1 heterocycles. The Bertz CT molecular complexity index is 342. The zero-order valence-electron chi connectivity index (χ0n) is 9.83. The van der Waals surface area contributed by atoms with Crippen molar-refractivity contribution in [2.45, 2.75) is 6.61 Å². The van der Waals surface area contributed by atoms with Crippen LogP contribution in [-0.4, -0.2) is 53.6 Å². The van der Waals surface area contributed by atoms with Gasteiger partial charge in [-0.25, -0.2) is 9.97 Å². The number of ether oxygens (including phenoxy) is 1. The Hall–Kier alpha value is -1.44. The van der Waals surface area contributed by atoms with E-state index in [0.29, 0.717) is 30.5 Å². The Balaban J connectivity index is 2.92. The lowest BCUT2D eigenvalue weighted by Gasteiger charge is -2.22. The molecule has 0 unspecified atom stereocenters. The minimum Gasteiger partial charge on any atom is -0.395 e. The summed E-state index contributed by atoms with van der Waals surface area (Å²) in [6.45, 7) is 0.976. The Labute approximate surface area is 99.9 Å². The second-order valence-electron chi connectivity index (χ2n) is 3.43. The zero-order valence-corrected chi connectivity index (χ0v) is 9.83. The molecule has 1 aromatic heterocycles. The predicted octanol–water partition coefficient (Wildman–Crippen LogP) is -1.00. The molecule has 7 nitrogen and oxygen atoms in total. The summed E-state index contributed by atoms with van der Waals surface area (Å²) >= 11 is 0. The van der Waals surface area contributed by atoms with Gasteiger partial charge in [0, 0.05) is 26.3 Å². The van der Waals surface area contributed by atoms with Crippen molar-refractivity contribution in [3.63, 3.8) is 0 Å². The van der Waals surface area contributed by atoms with Crippen LogP contribution in [0.4, 0.5) is 11.6 Å². The maximum atomic E-state index is 8.94. The molecule has 0 aliphatic heterocycles. The summed E-state index contributed by atoms with van der Waals surface area (Å²) in [5.41, 5.74) is 5.66. The van der Waals surface area contributed by atoms with Crippen LogP contribution in [0.15, 0.2) is 6.07 Å². The van der Waals surface area contributed by atoms with Gasteiger partial charge in [-0.2, -0.15) is 0 Å². The monoisotopic (exact) mass is 242 g/mol. The van der Waals surface area contributed by atoms with Crippen LogP contribution in [0.1, 0.15) is 5.82 Å². The zero-order chi connectivity index (χ0) is 12.7. The number of rotatable bonds is 7. The molecule has 0 saturated carbocycles. The van der Waals surface area contributed by atoms with Crippen molar-refractivity contribution in [3.8, 4) is 0 Å². The number of nitrogens with two attached hydrogens (primary N) is 1. The van der Waals surface area contributed by atoms with Gasteiger partial charge in [-0.05, 0) is 0 Å². The molecule has 1 rings (SSSR count). The number of hydrogen-bond acceptors (Lipinski definition) is 7. The van der Waals surface area contributed by atoms with Crippen molar-refractivity contribution in [1.82, 2.24) is 9.97 Å². The topological polar surface area (TPSA) is 105 Å². The Morgan fingerprint density at radius 3 is 2.47 bits per heavy atom. The highest BCUT2D eigenvalue weighted by atomic mass is 16.5. The number of nitrogens with zero attached hydrogens (tertiary/aromatic N) is 3. The molecule has 96 valence electrons. The Morgan fingerprint density at radius 2 is 1.94 bits per heavy atom. The summed E-state index contributed by atoms with van der Waals surface area (Å²) in [7, 11) is 1.55. The molecule has 0 aliphatic carbocycles. The van der Waals surface area contributed by atoms with Crippen molar-refractivity contribution >= 4 is 11.6 Å². The fourth-order valence-electron chi connectivity index (χ4n) is 1.44. The third kappa shape index (κ3) is 4.14. The fraction of sp³-hybridized carbons (Fsp3) is 0.600. The second-order valence-corrected chi connectivity index (χ2v) is 3.43. The third-order valence-corrected chi connectivity index (χ3v) is 2.12. The van der Waals surface area contributed by atoms with Crippen molar-refractivity contribution in [1.29, 1.82) is 0 Å². The van der Waals surface area contributed by atoms with Gasteiger partial charge >= 0.3 is 0 Å². The van der Waals surface area contributed by atoms with Crippen LogP contribution in [0.5, 0.6) is 0 Å². The largest absolute Gasteiger partial charge is 0.395 e. The lowest BCUT2D eigenvalue weighted by molar-refractivity contribution is 0.178. The van der Waals surface area contributed by atoms with E-state index in [4.69, 9.17) is 20.7 Å². The van der Waals surface area contributed by atoms with Crippen LogP contribution in [-0.2, 0) is 11.3 Å². The van der Waals surface area contributed by atoms with Gasteiger partial charge in [-0.3, -0.25) is 0 Å². The Kier molecular flexibility index (Phi) is 5.61. The van der Waals surface area contributed by atoms with Gasteiger partial charge < -0.3 is 25.6 Å². The van der Waals surface area contributed by atoms with Crippen molar-refractivity contribution in [2.75, 3.05) is 44.0 Å². The number of anilines is 2. The van der Waals surface area contributed by atoms with Gasteiger partial charge in [0.25, 0.3) is 0 Å². The quantitative estimate of drug-likeness (QED) is 0.563. The third-order valence-electron chi connectivity index (χ3n) is 2.12. The molecule has 0 aliphatic rings. The number of aliphatic hydroxyl groups is 2. The number of methoxy groups -OCH3 is 1. The van der Waals surface area contributed by atoms with Crippen LogP contribution in [0.2, 0.25) is 0 Å². The van der Waals surface area contributed by atoms with Crippen molar-refractivity contribution < 1.29 is 14.9 Å². The molecule has 0 atom stereocenters. The molecule has 17 heavy (non-hydrogen) atoms. The molecule has 7 heteroatoms. The highest BCUT2D eigenvalue weighted by Crippen LogP contribution is 2.14. The predicted molar refractivity (Wildman–Crippen MR) is 63.5 cm³/mol. The van der Waals surface area contributed by atoms with Gasteiger partial charge in [0.1, 0.15) is 18.2 Å². The lowest BCUT2D eigenvalue weighted by Crippen LogP contribution is -2.31. The van der Waals surface area contributed by atoms with E-state index >= 15 is 0 Å². The van der Waals surface area contributed by atoms with Crippen LogP contribution >= 0.6 is 0 Å². The van der Waals surface area contributed by atoms with Crippen LogP contribution in [0.25, 0.3) is 0 Å². The number of aromatic nitrogens is 2. The first-order valence-corrected chi connectivity index (χ1v) is 5.30. The van der Waals surface area contributed by atoms with Gasteiger partial charge in [0.15, 0.2) is 5.82 Å². The first-order chi connectivity index (χ1) is 8.21. The van der Waals surface area contributed by atoms with Crippen molar-refractivity contribution in [2.24, 2.45) is 0 Å². The number of hydrogen-bond donors (Lipinski definition) is 3. The normalized spacial score (nSPS) is 10.5. The van der Waals surface area contributed by atoms with Crippen molar-refractivity contribution in [3.05, 3.63) is 11.9 Å². The molecular weight excluding hydrogens is 224 g/mol. The highest BCUT2D eigenvalue weighted by Gasteiger charge is 2.10. The fourth-order valence-corrected chi connectivity index (χ4v) is 1.44. The summed E-state index contributed by atoms with van der Waals surface area (Å²) in [4.78, 5) is 10.00. The average molecular weight is 242 g/mol. The molecule has 0 bridgehead atoms. The van der Waals surface area contributed by atoms with E-state index in [1.165, 1.54) is 0 Å². The number of nitrogen functional groups attached to an aromatic ring is 1. The van der Waals surface area contributed by atoms with E-state index in [0.717, 1.165) is 0 Å². The second kappa shape index (κ2) is 7.00.